The number of hydrogen-bond acceptors (Lipinski definition) is 3. The van der Waals surface area contributed by atoms with Crippen LogP contribution in [0.2, 0.25) is 0 Å². The lowest BCUT2D eigenvalue weighted by Gasteiger charge is -2.53. The molecule has 3 nitrogen and oxygen atoms in total. The normalized spacial score (nSPS) is 29.2. The molecule has 1 aliphatic carbocycles. The maximum atomic E-state index is 5.55. The maximum Gasteiger partial charge on any atom is 0.0652 e. The number of benzene rings is 1. The molecule has 0 bridgehead atoms. The second-order valence-corrected chi connectivity index (χ2v) is 7.10. The van der Waals surface area contributed by atoms with Gasteiger partial charge in [-0.3, -0.25) is 0 Å². The summed E-state index contributed by atoms with van der Waals surface area (Å²) >= 11 is 0. The average molecular weight is 288 g/mol. The summed E-state index contributed by atoms with van der Waals surface area (Å²) in [4.78, 5) is 2.50. The molecule has 1 N–H and O–H groups in total. The largest absolute Gasteiger partial charge is 0.381 e. The summed E-state index contributed by atoms with van der Waals surface area (Å²) < 4.78 is 5.55. The van der Waals surface area contributed by atoms with Crippen molar-refractivity contribution < 1.29 is 4.74 Å². The van der Waals surface area contributed by atoms with Crippen LogP contribution in [0.1, 0.15) is 33.1 Å². The van der Waals surface area contributed by atoms with E-state index in [9.17, 15) is 0 Å². The van der Waals surface area contributed by atoms with E-state index >= 15 is 0 Å². The molecule has 2 atom stereocenters. The van der Waals surface area contributed by atoms with Crippen molar-refractivity contribution in [2.24, 2.45) is 5.41 Å². The van der Waals surface area contributed by atoms with Crippen LogP contribution in [0.15, 0.2) is 30.3 Å². The Morgan fingerprint density at radius 3 is 2.38 bits per heavy atom. The minimum absolute atomic E-state index is 0.269. The van der Waals surface area contributed by atoms with Gasteiger partial charge in [-0.15, -0.1) is 0 Å². The molecule has 2 unspecified atom stereocenters. The van der Waals surface area contributed by atoms with Crippen molar-refractivity contribution in [1.82, 2.24) is 5.32 Å². The van der Waals surface area contributed by atoms with Crippen LogP contribution in [-0.4, -0.2) is 38.4 Å². The predicted molar refractivity (Wildman–Crippen MR) is 87.8 cm³/mol. The molecule has 0 spiro atoms. The van der Waals surface area contributed by atoms with E-state index in [1.807, 2.05) is 7.11 Å². The first-order valence-electron chi connectivity index (χ1n) is 8.20. The second kappa shape index (κ2) is 5.98. The number of para-hydroxylation sites is 1. The molecule has 1 aromatic carbocycles. The van der Waals surface area contributed by atoms with E-state index < -0.39 is 0 Å². The molecule has 3 rings (SSSR count). The summed E-state index contributed by atoms with van der Waals surface area (Å²) in [6, 6.07) is 12.0. The van der Waals surface area contributed by atoms with Crippen molar-refractivity contribution in [3.05, 3.63) is 30.3 Å². The topological polar surface area (TPSA) is 24.5 Å². The smallest absolute Gasteiger partial charge is 0.0652 e. The average Bonchev–Trinajstić information content (AvgIpc) is 2.52. The van der Waals surface area contributed by atoms with Gasteiger partial charge in [0.2, 0.25) is 0 Å². The molecule has 21 heavy (non-hydrogen) atoms. The van der Waals surface area contributed by atoms with Crippen LogP contribution >= 0.6 is 0 Å². The van der Waals surface area contributed by atoms with Crippen molar-refractivity contribution in [1.29, 1.82) is 0 Å². The molecule has 116 valence electrons. The summed E-state index contributed by atoms with van der Waals surface area (Å²) in [6.45, 7) is 6.95. The molecule has 1 aromatic rings. The lowest BCUT2D eigenvalue weighted by atomic mass is 9.64. The van der Waals surface area contributed by atoms with Gasteiger partial charge in [-0.25, -0.2) is 0 Å². The van der Waals surface area contributed by atoms with Crippen molar-refractivity contribution in [3.63, 3.8) is 0 Å². The minimum Gasteiger partial charge on any atom is -0.381 e. The number of methoxy groups -OCH3 is 1. The number of rotatable bonds is 4. The van der Waals surface area contributed by atoms with Crippen LogP contribution in [0, 0.1) is 5.41 Å². The van der Waals surface area contributed by atoms with E-state index in [-0.39, 0.29) is 5.41 Å². The first kappa shape index (κ1) is 14.9. The Morgan fingerprint density at radius 2 is 1.81 bits per heavy atom. The molecule has 0 amide bonds. The fraction of sp³-hybridized carbons (Fsp3) is 0.667. The highest BCUT2D eigenvalue weighted by Gasteiger charge is 2.49. The highest BCUT2D eigenvalue weighted by molar-refractivity contribution is 5.46. The molecule has 0 aromatic heterocycles. The first-order chi connectivity index (χ1) is 10.1. The molecule has 2 fully saturated rings. The van der Waals surface area contributed by atoms with Crippen LogP contribution in [0.25, 0.3) is 0 Å². The molecule has 1 saturated heterocycles. The Balaban J connectivity index is 1.49. The molecule has 0 radical (unpaired) electrons. The zero-order valence-electron chi connectivity index (χ0n) is 13.5. The SMILES string of the molecule is COC1CC(NC2CCN(c3ccccc3)CC2)C1(C)C. The van der Waals surface area contributed by atoms with Crippen LogP contribution in [0.5, 0.6) is 0 Å². The Bertz CT molecular complexity index is 452. The quantitative estimate of drug-likeness (QED) is 0.921. The first-order valence-corrected chi connectivity index (χ1v) is 8.20. The maximum absolute atomic E-state index is 5.55. The van der Waals surface area contributed by atoms with E-state index in [1.165, 1.54) is 18.5 Å². The third kappa shape index (κ3) is 2.95. The molecular formula is C18H28N2O. The van der Waals surface area contributed by atoms with Crippen molar-refractivity contribution in [3.8, 4) is 0 Å². The highest BCUT2D eigenvalue weighted by atomic mass is 16.5. The monoisotopic (exact) mass is 288 g/mol. The molecule has 1 saturated carbocycles. The Labute approximate surface area is 128 Å². The Morgan fingerprint density at radius 1 is 1.14 bits per heavy atom. The fourth-order valence-corrected chi connectivity index (χ4v) is 3.80. The van der Waals surface area contributed by atoms with Crippen molar-refractivity contribution in [2.75, 3.05) is 25.1 Å². The van der Waals surface area contributed by atoms with E-state index in [0.717, 1.165) is 19.5 Å². The second-order valence-electron chi connectivity index (χ2n) is 7.10. The van der Waals surface area contributed by atoms with Crippen LogP contribution in [0.4, 0.5) is 5.69 Å². The van der Waals surface area contributed by atoms with Crippen LogP contribution < -0.4 is 10.2 Å². The van der Waals surface area contributed by atoms with Crippen LogP contribution in [-0.2, 0) is 4.74 Å². The fourth-order valence-electron chi connectivity index (χ4n) is 3.80. The third-order valence-corrected chi connectivity index (χ3v) is 5.52. The number of nitrogens with zero attached hydrogens (tertiary/aromatic N) is 1. The lowest BCUT2D eigenvalue weighted by molar-refractivity contribution is -0.101. The summed E-state index contributed by atoms with van der Waals surface area (Å²) in [5.74, 6) is 0. The van der Waals surface area contributed by atoms with Gasteiger partial charge in [0, 0.05) is 43.4 Å². The van der Waals surface area contributed by atoms with Gasteiger partial charge in [-0.1, -0.05) is 32.0 Å². The highest BCUT2D eigenvalue weighted by Crippen LogP contribution is 2.42. The minimum atomic E-state index is 0.269. The van der Waals surface area contributed by atoms with Gasteiger partial charge in [0.1, 0.15) is 0 Å². The summed E-state index contributed by atoms with van der Waals surface area (Å²) in [7, 11) is 1.83. The van der Waals surface area contributed by atoms with E-state index in [1.54, 1.807) is 0 Å². The zero-order valence-corrected chi connectivity index (χ0v) is 13.5. The summed E-state index contributed by atoms with van der Waals surface area (Å²) in [5.41, 5.74) is 1.63. The molecule has 1 aliphatic heterocycles. The molecule has 1 heterocycles. The molecule has 3 heteroatoms. The number of anilines is 1. The Kier molecular flexibility index (Phi) is 4.23. The zero-order chi connectivity index (χ0) is 14.9. The standard InChI is InChI=1S/C18H28N2O/c1-18(2)16(13-17(18)21-3)19-14-9-11-20(12-10-14)15-7-5-4-6-8-15/h4-8,14,16-17,19H,9-13H2,1-3H3. The Hall–Kier alpha value is -1.06. The van der Waals surface area contributed by atoms with Crippen molar-refractivity contribution >= 4 is 5.69 Å². The number of piperidine rings is 1. The van der Waals surface area contributed by atoms with E-state index in [4.69, 9.17) is 4.74 Å². The van der Waals surface area contributed by atoms with Gasteiger partial charge in [0.05, 0.1) is 6.10 Å². The predicted octanol–water partition coefficient (Wildman–Crippen LogP) is 3.06. The summed E-state index contributed by atoms with van der Waals surface area (Å²) in [6.07, 6.45) is 4.04. The molecule has 2 aliphatic rings. The van der Waals surface area contributed by atoms with Gasteiger partial charge in [0.15, 0.2) is 0 Å². The van der Waals surface area contributed by atoms with Gasteiger partial charge in [-0.05, 0) is 31.4 Å². The summed E-state index contributed by atoms with van der Waals surface area (Å²) in [5, 5.41) is 3.88. The number of ether oxygens (including phenoxy) is 1. The molecular weight excluding hydrogens is 260 g/mol. The number of hydrogen-bond donors (Lipinski definition) is 1. The van der Waals surface area contributed by atoms with Gasteiger partial charge in [0.25, 0.3) is 0 Å². The number of nitrogens with one attached hydrogen (secondary N) is 1. The third-order valence-electron chi connectivity index (χ3n) is 5.52. The van der Waals surface area contributed by atoms with Gasteiger partial charge < -0.3 is 15.0 Å². The van der Waals surface area contributed by atoms with Crippen molar-refractivity contribution in [2.45, 2.75) is 51.3 Å². The van der Waals surface area contributed by atoms with Gasteiger partial charge >= 0.3 is 0 Å². The van der Waals surface area contributed by atoms with Gasteiger partial charge in [-0.2, -0.15) is 0 Å². The van der Waals surface area contributed by atoms with E-state index in [0.29, 0.717) is 18.2 Å². The van der Waals surface area contributed by atoms with E-state index in [2.05, 4.69) is 54.4 Å². The lowest BCUT2D eigenvalue weighted by Crippen LogP contribution is -2.63. The van der Waals surface area contributed by atoms with Crippen LogP contribution in [0.3, 0.4) is 0 Å².